The second-order valence-electron chi connectivity index (χ2n) is 4.58. The van der Waals surface area contributed by atoms with E-state index in [1.165, 1.54) is 19.2 Å². The minimum Gasteiger partial charge on any atom is -0.207 e. The summed E-state index contributed by atoms with van der Waals surface area (Å²) in [6.07, 6.45) is 0. The van der Waals surface area contributed by atoms with Gasteiger partial charge in [-0.1, -0.05) is 17.7 Å². The van der Waals surface area contributed by atoms with E-state index < -0.39 is 32.4 Å². The Hall–Kier alpha value is -1.57. The molecule has 0 heterocycles. The van der Waals surface area contributed by atoms with Gasteiger partial charge in [-0.25, -0.2) is 21.6 Å². The molecule has 118 valence electrons. The van der Waals surface area contributed by atoms with Crippen LogP contribution in [0.4, 0.5) is 13.2 Å². The predicted octanol–water partition coefficient (Wildman–Crippen LogP) is 3.58. The summed E-state index contributed by atoms with van der Waals surface area (Å²) in [5.41, 5.74) is 0.236. The van der Waals surface area contributed by atoms with E-state index in [0.717, 1.165) is 28.6 Å². The lowest BCUT2D eigenvalue weighted by atomic mass is 10.2. The molecule has 2 rings (SSSR count). The normalized spacial score (nSPS) is 11.9. The lowest BCUT2D eigenvalue weighted by Crippen LogP contribution is -2.27. The molecule has 0 aliphatic carbocycles. The van der Waals surface area contributed by atoms with E-state index in [4.69, 9.17) is 11.6 Å². The first kappa shape index (κ1) is 16.8. The van der Waals surface area contributed by atoms with Gasteiger partial charge in [-0.2, -0.15) is 4.31 Å². The minimum absolute atomic E-state index is 0.0692. The molecule has 0 aromatic heterocycles. The molecule has 2 aromatic carbocycles. The highest BCUT2D eigenvalue weighted by atomic mass is 35.5. The number of nitrogens with zero attached hydrogens (tertiary/aromatic N) is 1. The molecule has 0 saturated carbocycles. The topological polar surface area (TPSA) is 37.4 Å². The third-order valence-electron chi connectivity index (χ3n) is 2.97. The fourth-order valence-corrected chi connectivity index (χ4v) is 3.19. The van der Waals surface area contributed by atoms with Crippen LogP contribution in [0.1, 0.15) is 5.56 Å². The van der Waals surface area contributed by atoms with Gasteiger partial charge in [0.05, 0.1) is 0 Å². The van der Waals surface area contributed by atoms with Gasteiger partial charge in [0.2, 0.25) is 10.0 Å². The molecule has 3 nitrogen and oxygen atoms in total. The highest BCUT2D eigenvalue weighted by Gasteiger charge is 2.25. The monoisotopic (exact) mass is 349 g/mol. The minimum atomic E-state index is -4.12. The molecule has 0 aliphatic rings. The maximum absolute atomic E-state index is 13.8. The molecule has 0 fully saturated rings. The van der Waals surface area contributed by atoms with Crippen molar-refractivity contribution in [2.45, 2.75) is 11.4 Å². The van der Waals surface area contributed by atoms with Gasteiger partial charge in [0.15, 0.2) is 11.6 Å². The van der Waals surface area contributed by atoms with Crippen molar-refractivity contribution >= 4 is 21.6 Å². The van der Waals surface area contributed by atoms with Crippen molar-refractivity contribution in [2.75, 3.05) is 7.05 Å². The SMILES string of the molecule is CN(Cc1ccc(F)c(F)c1)S(=O)(=O)c1ccc(Cl)cc1F. The van der Waals surface area contributed by atoms with Gasteiger partial charge >= 0.3 is 0 Å². The Balaban J connectivity index is 2.30. The summed E-state index contributed by atoms with van der Waals surface area (Å²) in [5, 5.41) is 0.0692. The highest BCUT2D eigenvalue weighted by molar-refractivity contribution is 7.89. The van der Waals surface area contributed by atoms with Crippen LogP contribution in [0.25, 0.3) is 0 Å². The second kappa shape index (κ2) is 6.28. The van der Waals surface area contributed by atoms with E-state index in [1.54, 1.807) is 0 Å². The largest absolute Gasteiger partial charge is 0.246 e. The lowest BCUT2D eigenvalue weighted by Gasteiger charge is -2.18. The summed E-state index contributed by atoms with van der Waals surface area (Å²) in [7, 11) is -2.91. The average molecular weight is 350 g/mol. The molecule has 0 aliphatic heterocycles. The van der Waals surface area contributed by atoms with Gasteiger partial charge in [0, 0.05) is 18.6 Å². The van der Waals surface area contributed by atoms with E-state index in [-0.39, 0.29) is 17.1 Å². The van der Waals surface area contributed by atoms with Crippen molar-refractivity contribution in [1.29, 1.82) is 0 Å². The van der Waals surface area contributed by atoms with Crippen molar-refractivity contribution in [3.05, 3.63) is 64.4 Å². The molecule has 22 heavy (non-hydrogen) atoms. The van der Waals surface area contributed by atoms with Crippen LogP contribution < -0.4 is 0 Å². The van der Waals surface area contributed by atoms with Crippen LogP contribution in [0.5, 0.6) is 0 Å². The summed E-state index contributed by atoms with van der Waals surface area (Å²) >= 11 is 5.58. The number of sulfonamides is 1. The summed E-state index contributed by atoms with van der Waals surface area (Å²) < 4.78 is 65.2. The maximum atomic E-state index is 13.8. The van der Waals surface area contributed by atoms with Crippen LogP contribution in [-0.4, -0.2) is 19.8 Å². The third-order valence-corrected chi connectivity index (χ3v) is 5.04. The van der Waals surface area contributed by atoms with Crippen LogP contribution in [0.2, 0.25) is 5.02 Å². The summed E-state index contributed by atoms with van der Waals surface area (Å²) in [6, 6.07) is 6.23. The zero-order valence-corrected chi connectivity index (χ0v) is 12.9. The van der Waals surface area contributed by atoms with Gasteiger partial charge in [0.25, 0.3) is 0 Å². The lowest BCUT2D eigenvalue weighted by molar-refractivity contribution is 0.456. The zero-order chi connectivity index (χ0) is 16.5. The van der Waals surface area contributed by atoms with E-state index in [9.17, 15) is 21.6 Å². The molecular formula is C14H11ClF3NO2S. The zero-order valence-electron chi connectivity index (χ0n) is 11.4. The first-order valence-electron chi connectivity index (χ1n) is 6.07. The van der Waals surface area contributed by atoms with Crippen LogP contribution >= 0.6 is 11.6 Å². The second-order valence-corrected chi connectivity index (χ2v) is 7.03. The van der Waals surface area contributed by atoms with Gasteiger partial charge in [0.1, 0.15) is 10.7 Å². The van der Waals surface area contributed by atoms with Crippen molar-refractivity contribution in [3.63, 3.8) is 0 Å². The quantitative estimate of drug-likeness (QED) is 0.846. The first-order chi connectivity index (χ1) is 10.2. The molecule has 0 radical (unpaired) electrons. The Morgan fingerprint density at radius 1 is 1.00 bits per heavy atom. The Kier molecular flexibility index (Phi) is 4.79. The molecule has 8 heteroatoms. The third kappa shape index (κ3) is 3.43. The fourth-order valence-electron chi connectivity index (χ4n) is 1.83. The first-order valence-corrected chi connectivity index (χ1v) is 7.89. The Morgan fingerprint density at radius 3 is 2.27 bits per heavy atom. The van der Waals surface area contributed by atoms with Crippen molar-refractivity contribution in [3.8, 4) is 0 Å². The Labute approximate surface area is 131 Å². The molecule has 2 aromatic rings. The number of rotatable bonds is 4. The molecule has 0 saturated heterocycles. The number of hydrogen-bond donors (Lipinski definition) is 0. The van der Waals surface area contributed by atoms with Crippen LogP contribution in [0.15, 0.2) is 41.3 Å². The highest BCUT2D eigenvalue weighted by Crippen LogP contribution is 2.23. The van der Waals surface area contributed by atoms with Gasteiger partial charge in [-0.05, 0) is 35.9 Å². The Morgan fingerprint density at radius 2 is 1.68 bits per heavy atom. The molecule has 0 amide bonds. The number of hydrogen-bond acceptors (Lipinski definition) is 2. The van der Waals surface area contributed by atoms with Crippen molar-refractivity contribution < 1.29 is 21.6 Å². The predicted molar refractivity (Wildman–Crippen MR) is 76.4 cm³/mol. The molecule has 0 unspecified atom stereocenters. The molecule has 0 atom stereocenters. The molecule has 0 N–H and O–H groups in total. The summed E-state index contributed by atoms with van der Waals surface area (Å²) in [4.78, 5) is -0.540. The summed E-state index contributed by atoms with van der Waals surface area (Å²) in [5.74, 6) is -3.09. The van der Waals surface area contributed by atoms with Crippen molar-refractivity contribution in [2.24, 2.45) is 0 Å². The molecule has 0 spiro atoms. The smallest absolute Gasteiger partial charge is 0.207 e. The maximum Gasteiger partial charge on any atom is 0.246 e. The number of benzene rings is 2. The van der Waals surface area contributed by atoms with Crippen LogP contribution in [0.3, 0.4) is 0 Å². The average Bonchev–Trinajstić information content (AvgIpc) is 2.42. The molecule has 0 bridgehead atoms. The van der Waals surface area contributed by atoms with Crippen molar-refractivity contribution in [1.82, 2.24) is 4.31 Å². The van der Waals surface area contributed by atoms with Crippen LogP contribution in [-0.2, 0) is 16.6 Å². The van der Waals surface area contributed by atoms with Gasteiger partial charge in [-0.3, -0.25) is 0 Å². The van der Waals surface area contributed by atoms with Crippen LogP contribution in [0, 0.1) is 17.5 Å². The van der Waals surface area contributed by atoms with E-state index >= 15 is 0 Å². The van der Waals surface area contributed by atoms with Gasteiger partial charge in [-0.15, -0.1) is 0 Å². The van der Waals surface area contributed by atoms with E-state index in [1.807, 2.05) is 0 Å². The fraction of sp³-hybridized carbons (Fsp3) is 0.143. The van der Waals surface area contributed by atoms with Gasteiger partial charge < -0.3 is 0 Å². The van der Waals surface area contributed by atoms with E-state index in [0.29, 0.717) is 0 Å². The molecular weight excluding hydrogens is 339 g/mol. The number of halogens is 4. The summed E-state index contributed by atoms with van der Waals surface area (Å²) in [6.45, 7) is -0.235. The van der Waals surface area contributed by atoms with E-state index in [2.05, 4.69) is 0 Å². The standard InChI is InChI=1S/C14H11ClF3NO2S/c1-19(8-9-2-4-11(16)12(17)6-9)22(20,21)14-5-3-10(15)7-13(14)18/h2-7H,8H2,1H3. The Bertz CT molecular complexity index is 812.